The Morgan fingerprint density at radius 3 is 2.68 bits per heavy atom. The van der Waals surface area contributed by atoms with Gasteiger partial charge in [-0.3, -0.25) is 4.79 Å². The summed E-state index contributed by atoms with van der Waals surface area (Å²) in [5, 5.41) is 6.54. The van der Waals surface area contributed by atoms with Gasteiger partial charge >= 0.3 is 0 Å². The Bertz CT molecular complexity index is 665. The lowest BCUT2D eigenvalue weighted by Gasteiger charge is -2.11. The molecule has 0 saturated heterocycles. The van der Waals surface area contributed by atoms with E-state index in [-0.39, 0.29) is 18.4 Å². The normalized spacial score (nSPS) is 10.8. The van der Waals surface area contributed by atoms with Crippen molar-refractivity contribution < 1.29 is 9.32 Å². The average molecular weight is 304 g/mol. The fourth-order valence-electron chi connectivity index (χ4n) is 1.85. The number of nitrogens with one attached hydrogen (secondary N) is 1. The van der Waals surface area contributed by atoms with E-state index in [9.17, 15) is 4.79 Å². The summed E-state index contributed by atoms with van der Waals surface area (Å²) >= 11 is 0. The van der Waals surface area contributed by atoms with Crippen molar-refractivity contribution in [2.45, 2.75) is 33.2 Å². The van der Waals surface area contributed by atoms with Gasteiger partial charge in [-0.1, -0.05) is 13.8 Å². The number of rotatable bonds is 5. The molecule has 0 aliphatic carbocycles. The van der Waals surface area contributed by atoms with Crippen LogP contribution in [0, 0.1) is 6.92 Å². The highest BCUT2D eigenvalue weighted by molar-refractivity contribution is 5.95. The Morgan fingerprint density at radius 1 is 1.36 bits per heavy atom. The van der Waals surface area contributed by atoms with E-state index in [2.05, 4.69) is 25.4 Å². The van der Waals surface area contributed by atoms with Crippen LogP contribution in [0.15, 0.2) is 10.7 Å². The second-order valence-electron chi connectivity index (χ2n) is 5.44. The molecule has 8 heteroatoms. The van der Waals surface area contributed by atoms with E-state index in [0.29, 0.717) is 23.2 Å². The van der Waals surface area contributed by atoms with Crippen molar-refractivity contribution in [2.24, 2.45) is 0 Å². The molecule has 0 saturated carbocycles. The number of anilines is 1. The van der Waals surface area contributed by atoms with E-state index in [1.54, 1.807) is 18.0 Å². The van der Waals surface area contributed by atoms with Crippen LogP contribution < -0.4 is 10.2 Å². The second kappa shape index (κ2) is 6.50. The molecule has 0 unspecified atom stereocenters. The summed E-state index contributed by atoms with van der Waals surface area (Å²) in [5.41, 5.74) is 1.19. The van der Waals surface area contributed by atoms with Gasteiger partial charge in [0.1, 0.15) is 5.82 Å². The summed E-state index contributed by atoms with van der Waals surface area (Å²) < 4.78 is 5.06. The van der Waals surface area contributed by atoms with E-state index in [4.69, 9.17) is 4.52 Å². The van der Waals surface area contributed by atoms with Gasteiger partial charge < -0.3 is 14.7 Å². The van der Waals surface area contributed by atoms with Crippen LogP contribution in [0.2, 0.25) is 0 Å². The van der Waals surface area contributed by atoms with E-state index in [0.717, 1.165) is 5.69 Å². The van der Waals surface area contributed by atoms with Gasteiger partial charge in [0.15, 0.2) is 0 Å². The van der Waals surface area contributed by atoms with Gasteiger partial charge in [-0.2, -0.15) is 4.98 Å². The molecule has 0 aliphatic heterocycles. The first kappa shape index (κ1) is 15.9. The Hall–Kier alpha value is -2.51. The van der Waals surface area contributed by atoms with Crippen molar-refractivity contribution in [3.05, 3.63) is 29.2 Å². The Labute approximate surface area is 129 Å². The zero-order valence-electron chi connectivity index (χ0n) is 13.4. The molecule has 2 aromatic heterocycles. The molecular formula is C14H20N6O2. The molecule has 2 heterocycles. The molecule has 0 aliphatic rings. The second-order valence-corrected chi connectivity index (χ2v) is 5.44. The summed E-state index contributed by atoms with van der Waals surface area (Å²) in [4.78, 5) is 26.6. The van der Waals surface area contributed by atoms with Crippen molar-refractivity contribution in [1.82, 2.24) is 25.4 Å². The Morgan fingerprint density at radius 2 is 2.09 bits per heavy atom. The van der Waals surface area contributed by atoms with Crippen molar-refractivity contribution in [2.75, 3.05) is 19.0 Å². The maximum Gasteiger partial charge on any atom is 0.265 e. The molecule has 0 bridgehead atoms. The predicted octanol–water partition coefficient (Wildman–Crippen LogP) is 1.29. The van der Waals surface area contributed by atoms with Gasteiger partial charge in [-0.25, -0.2) is 9.97 Å². The van der Waals surface area contributed by atoms with Crippen LogP contribution in [0.3, 0.4) is 0 Å². The molecule has 2 rings (SSSR count). The van der Waals surface area contributed by atoms with E-state index in [1.807, 2.05) is 27.9 Å². The van der Waals surface area contributed by atoms with E-state index in [1.165, 1.54) is 0 Å². The van der Waals surface area contributed by atoms with Crippen LogP contribution in [-0.4, -0.2) is 40.1 Å². The predicted molar refractivity (Wildman–Crippen MR) is 80.7 cm³/mol. The molecule has 1 N–H and O–H groups in total. The standard InChI is InChI=1S/C14H20N6O2/c1-8(2)12-10(6-15-9(3)17-12)13(21)16-7-11-18-14(19-22-11)20(4)5/h6,8H,7H2,1-5H3,(H,16,21). The first-order chi connectivity index (χ1) is 10.4. The lowest BCUT2D eigenvalue weighted by Crippen LogP contribution is -2.25. The van der Waals surface area contributed by atoms with Gasteiger partial charge in [-0.05, 0) is 18.0 Å². The number of nitrogens with zero attached hydrogens (tertiary/aromatic N) is 5. The van der Waals surface area contributed by atoms with Gasteiger partial charge in [0.25, 0.3) is 11.9 Å². The van der Waals surface area contributed by atoms with Crippen LogP contribution in [0.1, 0.15) is 47.5 Å². The molecule has 0 aromatic carbocycles. The van der Waals surface area contributed by atoms with Crippen LogP contribution in [0.25, 0.3) is 0 Å². The highest BCUT2D eigenvalue weighted by atomic mass is 16.5. The molecule has 0 atom stereocenters. The summed E-state index contributed by atoms with van der Waals surface area (Å²) in [5.74, 6) is 1.33. The maximum absolute atomic E-state index is 12.3. The minimum atomic E-state index is -0.256. The first-order valence-electron chi connectivity index (χ1n) is 7.00. The van der Waals surface area contributed by atoms with Crippen LogP contribution in [0.5, 0.6) is 0 Å². The molecular weight excluding hydrogens is 284 g/mol. The van der Waals surface area contributed by atoms with Crippen molar-refractivity contribution in [1.29, 1.82) is 0 Å². The van der Waals surface area contributed by atoms with Crippen LogP contribution in [-0.2, 0) is 6.54 Å². The number of amides is 1. The number of carbonyl (C=O) groups is 1. The van der Waals surface area contributed by atoms with Crippen molar-refractivity contribution in [3.63, 3.8) is 0 Å². The molecule has 0 radical (unpaired) electrons. The monoisotopic (exact) mass is 304 g/mol. The third-order valence-corrected chi connectivity index (χ3v) is 2.99. The number of aryl methyl sites for hydroxylation is 1. The van der Waals surface area contributed by atoms with Gasteiger partial charge in [-0.15, -0.1) is 0 Å². The van der Waals surface area contributed by atoms with Crippen LogP contribution in [0.4, 0.5) is 5.95 Å². The minimum absolute atomic E-state index is 0.131. The average Bonchev–Trinajstić information content (AvgIpc) is 2.93. The Kier molecular flexibility index (Phi) is 4.69. The summed E-state index contributed by atoms with van der Waals surface area (Å²) in [6, 6.07) is 0. The molecule has 8 nitrogen and oxygen atoms in total. The molecule has 118 valence electrons. The summed E-state index contributed by atoms with van der Waals surface area (Å²) in [6.07, 6.45) is 1.55. The highest BCUT2D eigenvalue weighted by Gasteiger charge is 2.17. The fraction of sp³-hybridized carbons (Fsp3) is 0.500. The summed E-state index contributed by atoms with van der Waals surface area (Å²) in [7, 11) is 3.62. The number of hydrogen-bond donors (Lipinski definition) is 1. The lowest BCUT2D eigenvalue weighted by molar-refractivity contribution is 0.0944. The first-order valence-corrected chi connectivity index (χ1v) is 7.00. The van der Waals surface area contributed by atoms with E-state index >= 15 is 0 Å². The largest absolute Gasteiger partial charge is 0.344 e. The number of carbonyl (C=O) groups excluding carboxylic acids is 1. The molecule has 0 spiro atoms. The van der Waals surface area contributed by atoms with Crippen molar-refractivity contribution >= 4 is 11.9 Å². The third-order valence-electron chi connectivity index (χ3n) is 2.99. The SMILES string of the molecule is Cc1ncc(C(=O)NCc2nc(N(C)C)no2)c(C(C)C)n1. The number of hydrogen-bond acceptors (Lipinski definition) is 7. The topological polar surface area (TPSA) is 97.0 Å². The van der Waals surface area contributed by atoms with E-state index < -0.39 is 0 Å². The van der Waals surface area contributed by atoms with Gasteiger partial charge in [0.2, 0.25) is 5.89 Å². The third kappa shape index (κ3) is 3.57. The fourth-order valence-corrected chi connectivity index (χ4v) is 1.85. The quantitative estimate of drug-likeness (QED) is 0.888. The Balaban J connectivity index is 2.09. The van der Waals surface area contributed by atoms with Gasteiger partial charge in [0.05, 0.1) is 17.8 Å². The molecule has 1 amide bonds. The molecule has 2 aromatic rings. The molecule has 0 fully saturated rings. The maximum atomic E-state index is 12.3. The summed E-state index contributed by atoms with van der Waals surface area (Å²) in [6.45, 7) is 5.93. The van der Waals surface area contributed by atoms with Crippen LogP contribution >= 0.6 is 0 Å². The highest BCUT2D eigenvalue weighted by Crippen LogP contribution is 2.16. The zero-order chi connectivity index (χ0) is 16.3. The van der Waals surface area contributed by atoms with Crippen molar-refractivity contribution in [3.8, 4) is 0 Å². The molecule has 22 heavy (non-hydrogen) atoms. The lowest BCUT2D eigenvalue weighted by atomic mass is 10.0. The smallest absolute Gasteiger partial charge is 0.265 e. The number of aromatic nitrogens is 4. The zero-order valence-corrected chi connectivity index (χ0v) is 13.4. The minimum Gasteiger partial charge on any atom is -0.344 e. The van der Waals surface area contributed by atoms with Gasteiger partial charge in [0, 0.05) is 20.3 Å².